The molecule has 1 aliphatic carbocycles. The summed E-state index contributed by atoms with van der Waals surface area (Å²) in [6, 6.07) is 11.6. The largest absolute Gasteiger partial charge is 0.326 e. The van der Waals surface area contributed by atoms with Gasteiger partial charge in [-0.15, -0.1) is 10.2 Å². The molecule has 1 amide bonds. The summed E-state index contributed by atoms with van der Waals surface area (Å²) < 4.78 is 1.72. The fourth-order valence-electron chi connectivity index (χ4n) is 3.66. The van der Waals surface area contributed by atoms with Gasteiger partial charge in [-0.05, 0) is 43.5 Å². The molecule has 2 heterocycles. The number of aromatic nitrogens is 4. The molecule has 1 fully saturated rings. The quantitative estimate of drug-likeness (QED) is 0.755. The minimum absolute atomic E-state index is 0.0899. The summed E-state index contributed by atoms with van der Waals surface area (Å²) in [6.07, 6.45) is 6.78. The molecule has 0 atom stereocenters. The third-order valence-electron chi connectivity index (χ3n) is 5.12. The predicted molar refractivity (Wildman–Crippen MR) is 101 cm³/mol. The molecule has 2 aromatic heterocycles. The molecular weight excluding hydrogens is 326 g/mol. The van der Waals surface area contributed by atoms with Crippen molar-refractivity contribution in [3.8, 4) is 11.3 Å². The second kappa shape index (κ2) is 7.23. The van der Waals surface area contributed by atoms with Crippen molar-refractivity contribution in [2.75, 3.05) is 5.32 Å². The van der Waals surface area contributed by atoms with Crippen LogP contribution in [0.3, 0.4) is 0 Å². The Morgan fingerprint density at radius 2 is 2.04 bits per heavy atom. The van der Waals surface area contributed by atoms with E-state index in [0.717, 1.165) is 40.8 Å². The second-order valence-electron chi connectivity index (χ2n) is 7.05. The van der Waals surface area contributed by atoms with E-state index in [2.05, 4.69) is 20.6 Å². The minimum Gasteiger partial charge on any atom is -0.326 e. The summed E-state index contributed by atoms with van der Waals surface area (Å²) in [5.41, 5.74) is 3.31. The van der Waals surface area contributed by atoms with Crippen LogP contribution in [-0.4, -0.2) is 25.7 Å². The second-order valence-corrected chi connectivity index (χ2v) is 7.05. The fraction of sp³-hybridized carbons (Fsp3) is 0.400. The molecule has 0 bridgehead atoms. The van der Waals surface area contributed by atoms with Crippen LogP contribution >= 0.6 is 0 Å². The molecule has 0 aliphatic heterocycles. The van der Waals surface area contributed by atoms with E-state index >= 15 is 0 Å². The van der Waals surface area contributed by atoms with E-state index in [-0.39, 0.29) is 5.91 Å². The lowest BCUT2D eigenvalue weighted by atomic mass is 10.0. The van der Waals surface area contributed by atoms with Crippen molar-refractivity contribution in [1.29, 1.82) is 0 Å². The van der Waals surface area contributed by atoms with Crippen LogP contribution in [0.2, 0.25) is 0 Å². The summed E-state index contributed by atoms with van der Waals surface area (Å²) in [6.45, 7) is 1.87. The van der Waals surface area contributed by atoms with Gasteiger partial charge in [0.15, 0.2) is 11.5 Å². The van der Waals surface area contributed by atoms with E-state index in [0.29, 0.717) is 6.42 Å². The average Bonchev–Trinajstić information content (AvgIpc) is 3.30. The molecule has 26 heavy (non-hydrogen) atoms. The zero-order valence-corrected chi connectivity index (χ0v) is 15.0. The lowest BCUT2D eigenvalue weighted by molar-refractivity contribution is -0.116. The molecule has 0 spiro atoms. The summed E-state index contributed by atoms with van der Waals surface area (Å²) in [5.74, 6) is 1.57. The number of nitrogens with one attached hydrogen (secondary N) is 1. The van der Waals surface area contributed by atoms with Crippen LogP contribution in [0, 0.1) is 12.8 Å². The number of fused-ring (bicyclic) bond motifs is 1. The molecule has 134 valence electrons. The zero-order valence-electron chi connectivity index (χ0n) is 15.0. The van der Waals surface area contributed by atoms with Crippen molar-refractivity contribution in [3.05, 3.63) is 42.2 Å². The van der Waals surface area contributed by atoms with Crippen molar-refractivity contribution in [2.24, 2.45) is 5.92 Å². The van der Waals surface area contributed by atoms with Crippen LogP contribution in [0.15, 0.2) is 36.4 Å². The van der Waals surface area contributed by atoms with Crippen LogP contribution in [-0.2, 0) is 4.79 Å². The standard InChI is InChI=1S/C20H23N5O/c1-14-22-23-19-11-10-18(24-25(14)19)16-7-4-8-17(13-16)21-20(26)12-9-15-5-2-3-6-15/h4,7-8,10-11,13,15H,2-3,5-6,9,12H2,1H3,(H,21,26). The number of amides is 1. The van der Waals surface area contributed by atoms with Gasteiger partial charge >= 0.3 is 0 Å². The monoisotopic (exact) mass is 349 g/mol. The minimum atomic E-state index is 0.0899. The first kappa shape index (κ1) is 16.7. The Bertz CT molecular complexity index is 927. The van der Waals surface area contributed by atoms with Gasteiger partial charge in [-0.2, -0.15) is 9.61 Å². The molecule has 1 N–H and O–H groups in total. The van der Waals surface area contributed by atoms with E-state index in [1.165, 1.54) is 25.7 Å². The van der Waals surface area contributed by atoms with Gasteiger partial charge in [-0.3, -0.25) is 4.79 Å². The number of aryl methyl sites for hydroxylation is 1. The van der Waals surface area contributed by atoms with Gasteiger partial charge < -0.3 is 5.32 Å². The number of hydrogen-bond donors (Lipinski definition) is 1. The summed E-state index contributed by atoms with van der Waals surface area (Å²) in [4.78, 5) is 12.3. The third-order valence-corrected chi connectivity index (χ3v) is 5.12. The number of hydrogen-bond acceptors (Lipinski definition) is 4. The highest BCUT2D eigenvalue weighted by Crippen LogP contribution is 2.28. The van der Waals surface area contributed by atoms with Crippen molar-refractivity contribution < 1.29 is 4.79 Å². The van der Waals surface area contributed by atoms with Gasteiger partial charge in [-0.25, -0.2) is 0 Å². The number of rotatable bonds is 5. The molecule has 6 heteroatoms. The van der Waals surface area contributed by atoms with Crippen molar-refractivity contribution >= 4 is 17.2 Å². The summed E-state index contributed by atoms with van der Waals surface area (Å²) in [7, 11) is 0. The van der Waals surface area contributed by atoms with Gasteiger partial charge in [0.05, 0.1) is 5.69 Å². The van der Waals surface area contributed by atoms with E-state index in [1.54, 1.807) is 4.52 Å². The molecule has 0 unspecified atom stereocenters. The predicted octanol–water partition coefficient (Wildman–Crippen LogP) is 4.01. The van der Waals surface area contributed by atoms with Crippen LogP contribution in [0.1, 0.15) is 44.3 Å². The highest BCUT2D eigenvalue weighted by Gasteiger charge is 2.16. The first-order chi connectivity index (χ1) is 12.7. The maximum atomic E-state index is 12.3. The zero-order chi connectivity index (χ0) is 17.9. The Kier molecular flexibility index (Phi) is 4.65. The number of anilines is 1. The van der Waals surface area contributed by atoms with Crippen LogP contribution < -0.4 is 5.32 Å². The topological polar surface area (TPSA) is 72.2 Å². The van der Waals surface area contributed by atoms with Crippen LogP contribution in [0.25, 0.3) is 16.9 Å². The highest BCUT2D eigenvalue weighted by molar-refractivity contribution is 5.91. The van der Waals surface area contributed by atoms with E-state index in [4.69, 9.17) is 0 Å². The van der Waals surface area contributed by atoms with E-state index < -0.39 is 0 Å². The molecule has 0 radical (unpaired) electrons. The normalized spacial score (nSPS) is 14.8. The van der Waals surface area contributed by atoms with Gasteiger partial charge in [0.2, 0.25) is 5.91 Å². The Balaban J connectivity index is 1.46. The lowest BCUT2D eigenvalue weighted by Crippen LogP contribution is -2.12. The van der Waals surface area contributed by atoms with Gasteiger partial charge in [0.25, 0.3) is 0 Å². The SMILES string of the molecule is Cc1nnc2ccc(-c3cccc(NC(=O)CCC4CCCC4)c3)nn12. The molecular formula is C20H23N5O. The van der Waals surface area contributed by atoms with E-state index in [9.17, 15) is 4.79 Å². The fourth-order valence-corrected chi connectivity index (χ4v) is 3.66. The Morgan fingerprint density at radius 1 is 1.19 bits per heavy atom. The molecule has 3 aromatic rings. The van der Waals surface area contributed by atoms with Gasteiger partial charge in [0.1, 0.15) is 0 Å². The van der Waals surface area contributed by atoms with Crippen molar-refractivity contribution in [3.63, 3.8) is 0 Å². The Labute approximate surface area is 152 Å². The average molecular weight is 349 g/mol. The summed E-state index contributed by atoms with van der Waals surface area (Å²) >= 11 is 0. The molecule has 1 aromatic carbocycles. The molecule has 6 nitrogen and oxygen atoms in total. The van der Waals surface area contributed by atoms with Crippen molar-refractivity contribution in [2.45, 2.75) is 45.4 Å². The lowest BCUT2D eigenvalue weighted by Gasteiger charge is -2.10. The van der Waals surface area contributed by atoms with Crippen molar-refractivity contribution in [1.82, 2.24) is 19.8 Å². The number of carbonyl (C=O) groups excluding carboxylic acids is 1. The molecule has 1 aliphatic rings. The van der Waals surface area contributed by atoms with Gasteiger partial charge in [0, 0.05) is 17.7 Å². The molecule has 0 saturated heterocycles. The maximum Gasteiger partial charge on any atom is 0.224 e. The first-order valence-corrected chi connectivity index (χ1v) is 9.28. The van der Waals surface area contributed by atoms with Gasteiger partial charge in [-0.1, -0.05) is 37.8 Å². The Hall–Kier alpha value is -2.76. The van der Waals surface area contributed by atoms with E-state index in [1.807, 2.05) is 43.3 Å². The van der Waals surface area contributed by atoms with Crippen LogP contribution in [0.4, 0.5) is 5.69 Å². The molecule has 1 saturated carbocycles. The summed E-state index contributed by atoms with van der Waals surface area (Å²) in [5, 5.41) is 15.7. The highest BCUT2D eigenvalue weighted by atomic mass is 16.1. The number of nitrogens with zero attached hydrogens (tertiary/aromatic N) is 4. The van der Waals surface area contributed by atoms with Crippen LogP contribution in [0.5, 0.6) is 0 Å². The Morgan fingerprint density at radius 3 is 2.88 bits per heavy atom. The number of benzene rings is 1. The smallest absolute Gasteiger partial charge is 0.224 e. The molecule has 4 rings (SSSR count). The third kappa shape index (κ3) is 3.59. The maximum absolute atomic E-state index is 12.3. The number of carbonyl (C=O) groups is 1. The first-order valence-electron chi connectivity index (χ1n) is 9.28.